The molecule has 1 heterocycles. The van der Waals surface area contributed by atoms with Crippen LogP contribution in [0.3, 0.4) is 0 Å². The molecule has 0 bridgehead atoms. The Labute approximate surface area is 112 Å². The fraction of sp³-hybridized carbons (Fsp3) is 0.455. The van der Waals surface area contributed by atoms with Crippen LogP contribution in [0.1, 0.15) is 25.5 Å². The van der Waals surface area contributed by atoms with Gasteiger partial charge < -0.3 is 9.47 Å². The summed E-state index contributed by atoms with van der Waals surface area (Å²) in [5.74, 6) is -0.195. The van der Waals surface area contributed by atoms with Crippen LogP contribution in [0.5, 0.6) is 5.75 Å². The zero-order valence-corrected chi connectivity index (χ0v) is 11.5. The monoisotopic (exact) mass is 292 g/mol. The minimum atomic E-state index is -2.33. The SMILES string of the molecule is CC1(C)Oc2ccc(Cl)cc2[C@@H](COS(=O)O)O1. The zero-order chi connectivity index (χ0) is 13.3. The number of hydrogen-bond acceptors (Lipinski definition) is 4. The molecule has 0 amide bonds. The Bertz CT molecular complexity index is 477. The van der Waals surface area contributed by atoms with Crippen molar-refractivity contribution in [1.82, 2.24) is 0 Å². The molecule has 5 nitrogen and oxygen atoms in total. The first-order valence-corrected chi connectivity index (χ1v) is 6.69. The standard InChI is InChI=1S/C11H13ClO5S/c1-11(2)16-9-4-3-7(12)5-8(9)10(17-11)6-15-18(13)14/h3-5,10H,6H2,1-2H3,(H,13,14)/t10-/m1/s1. The minimum Gasteiger partial charge on any atom is -0.463 e. The second kappa shape index (κ2) is 5.14. The highest BCUT2D eigenvalue weighted by atomic mass is 35.5. The zero-order valence-electron chi connectivity index (χ0n) is 9.88. The van der Waals surface area contributed by atoms with Crippen LogP contribution in [0.25, 0.3) is 0 Å². The molecule has 18 heavy (non-hydrogen) atoms. The summed E-state index contributed by atoms with van der Waals surface area (Å²) in [7, 11) is 0. The number of hydrogen-bond donors (Lipinski definition) is 1. The van der Waals surface area contributed by atoms with Crippen molar-refractivity contribution in [3.63, 3.8) is 0 Å². The third-order valence-electron chi connectivity index (χ3n) is 2.42. The highest BCUT2D eigenvalue weighted by Gasteiger charge is 2.34. The molecule has 1 aliphatic rings. The van der Waals surface area contributed by atoms with Crippen LogP contribution in [-0.4, -0.2) is 21.2 Å². The molecule has 2 rings (SSSR count). The van der Waals surface area contributed by atoms with E-state index in [2.05, 4.69) is 4.18 Å². The van der Waals surface area contributed by atoms with Crippen molar-refractivity contribution in [3.8, 4) is 5.75 Å². The van der Waals surface area contributed by atoms with Crippen LogP contribution >= 0.6 is 11.6 Å². The van der Waals surface area contributed by atoms with Crippen molar-refractivity contribution >= 4 is 23.0 Å². The lowest BCUT2D eigenvalue weighted by Crippen LogP contribution is -2.39. The van der Waals surface area contributed by atoms with Crippen LogP contribution < -0.4 is 4.74 Å². The first kappa shape index (κ1) is 13.8. The third-order valence-corrected chi connectivity index (χ3v) is 2.99. The van der Waals surface area contributed by atoms with Crippen molar-refractivity contribution in [2.24, 2.45) is 0 Å². The summed E-state index contributed by atoms with van der Waals surface area (Å²) in [4.78, 5) is 0. The van der Waals surface area contributed by atoms with Crippen molar-refractivity contribution in [3.05, 3.63) is 28.8 Å². The van der Waals surface area contributed by atoms with Gasteiger partial charge in [0.05, 0.1) is 6.61 Å². The van der Waals surface area contributed by atoms with Crippen molar-refractivity contribution in [1.29, 1.82) is 0 Å². The van der Waals surface area contributed by atoms with E-state index in [1.807, 2.05) is 0 Å². The molecule has 100 valence electrons. The Kier molecular flexibility index (Phi) is 3.93. The van der Waals surface area contributed by atoms with Gasteiger partial charge in [-0.25, -0.2) is 0 Å². The summed E-state index contributed by atoms with van der Waals surface area (Å²) < 4.78 is 35.2. The molecule has 0 aliphatic carbocycles. The fourth-order valence-corrected chi connectivity index (χ4v) is 2.22. The molecular weight excluding hydrogens is 280 g/mol. The van der Waals surface area contributed by atoms with Crippen LogP contribution in [0.4, 0.5) is 0 Å². The van der Waals surface area contributed by atoms with E-state index in [9.17, 15) is 4.21 Å². The lowest BCUT2D eigenvalue weighted by molar-refractivity contribution is -0.212. The molecule has 0 fully saturated rings. The maximum absolute atomic E-state index is 10.6. The number of ether oxygens (including phenoxy) is 2. The molecular formula is C11H13ClO5S. The van der Waals surface area contributed by atoms with Crippen molar-refractivity contribution in [2.75, 3.05) is 6.61 Å². The summed E-state index contributed by atoms with van der Waals surface area (Å²) >= 11 is 3.59. The topological polar surface area (TPSA) is 65.0 Å². The Morgan fingerprint density at radius 3 is 2.94 bits per heavy atom. The Hall–Kier alpha value is -0.660. The number of halogens is 1. The lowest BCUT2D eigenvalue weighted by Gasteiger charge is -2.37. The summed E-state index contributed by atoms with van der Waals surface area (Å²) in [5.41, 5.74) is 0.701. The van der Waals surface area contributed by atoms with E-state index in [0.29, 0.717) is 16.3 Å². The van der Waals surface area contributed by atoms with Crippen LogP contribution in [0.15, 0.2) is 18.2 Å². The van der Waals surface area contributed by atoms with E-state index in [0.717, 1.165) is 0 Å². The van der Waals surface area contributed by atoms with E-state index >= 15 is 0 Å². The second-order valence-corrected chi connectivity index (χ2v) is 5.40. The maximum atomic E-state index is 10.6. The molecule has 7 heteroatoms. The molecule has 1 aromatic carbocycles. The van der Waals surface area contributed by atoms with Gasteiger partial charge in [0.1, 0.15) is 11.9 Å². The lowest BCUT2D eigenvalue weighted by atomic mass is 10.1. The highest BCUT2D eigenvalue weighted by Crippen LogP contribution is 2.39. The Balaban J connectivity index is 2.29. The fourth-order valence-electron chi connectivity index (χ4n) is 1.80. The summed E-state index contributed by atoms with van der Waals surface area (Å²) in [6.07, 6.45) is -0.501. The molecule has 0 saturated carbocycles. The van der Waals surface area contributed by atoms with Gasteiger partial charge in [0.25, 0.3) is 0 Å². The smallest absolute Gasteiger partial charge is 0.301 e. The summed E-state index contributed by atoms with van der Waals surface area (Å²) in [5, 5.41) is 0.538. The molecule has 1 N–H and O–H groups in total. The molecule has 0 aromatic heterocycles. The molecule has 1 unspecified atom stereocenters. The first-order chi connectivity index (χ1) is 8.37. The Morgan fingerprint density at radius 1 is 1.56 bits per heavy atom. The van der Waals surface area contributed by atoms with Gasteiger partial charge in [-0.2, -0.15) is 4.21 Å². The number of rotatable bonds is 3. The van der Waals surface area contributed by atoms with Crippen LogP contribution in [0.2, 0.25) is 5.02 Å². The van der Waals surface area contributed by atoms with Crippen molar-refractivity contribution in [2.45, 2.75) is 25.7 Å². The predicted molar refractivity (Wildman–Crippen MR) is 66.7 cm³/mol. The summed E-state index contributed by atoms with van der Waals surface area (Å²) in [6, 6.07) is 5.15. The molecule has 0 saturated heterocycles. The third kappa shape index (κ3) is 3.21. The molecule has 1 aliphatic heterocycles. The van der Waals surface area contributed by atoms with E-state index in [4.69, 9.17) is 25.6 Å². The van der Waals surface area contributed by atoms with Gasteiger partial charge >= 0.3 is 11.4 Å². The molecule has 2 atom stereocenters. The number of fused-ring (bicyclic) bond motifs is 1. The normalized spacial score (nSPS) is 23.0. The van der Waals surface area contributed by atoms with Crippen LogP contribution in [0, 0.1) is 0 Å². The van der Waals surface area contributed by atoms with Gasteiger partial charge in [-0.15, -0.1) is 0 Å². The van der Waals surface area contributed by atoms with Gasteiger partial charge in [-0.3, -0.25) is 8.74 Å². The van der Waals surface area contributed by atoms with E-state index in [-0.39, 0.29) is 6.61 Å². The molecule has 0 spiro atoms. The summed E-state index contributed by atoms with van der Waals surface area (Å²) in [6.45, 7) is 3.46. The predicted octanol–water partition coefficient (Wildman–Crippen LogP) is 2.68. The van der Waals surface area contributed by atoms with E-state index < -0.39 is 23.3 Å². The average molecular weight is 293 g/mol. The van der Waals surface area contributed by atoms with Gasteiger partial charge in [0.15, 0.2) is 0 Å². The van der Waals surface area contributed by atoms with E-state index in [1.54, 1.807) is 32.0 Å². The maximum Gasteiger partial charge on any atom is 0.301 e. The average Bonchev–Trinajstić information content (AvgIpc) is 2.26. The number of benzene rings is 1. The molecule has 0 radical (unpaired) electrons. The van der Waals surface area contributed by atoms with E-state index in [1.165, 1.54) is 0 Å². The van der Waals surface area contributed by atoms with Gasteiger partial charge in [-0.1, -0.05) is 11.6 Å². The Morgan fingerprint density at radius 2 is 2.28 bits per heavy atom. The minimum absolute atomic E-state index is 0.0523. The first-order valence-electron chi connectivity index (χ1n) is 5.28. The largest absolute Gasteiger partial charge is 0.463 e. The molecule has 1 aromatic rings. The van der Waals surface area contributed by atoms with Gasteiger partial charge in [-0.05, 0) is 18.2 Å². The van der Waals surface area contributed by atoms with Gasteiger partial charge in [0, 0.05) is 24.4 Å². The quantitative estimate of drug-likeness (QED) is 0.868. The van der Waals surface area contributed by atoms with Crippen molar-refractivity contribution < 1.29 is 22.4 Å². The second-order valence-electron chi connectivity index (χ2n) is 4.29. The highest BCUT2D eigenvalue weighted by molar-refractivity contribution is 7.74. The van der Waals surface area contributed by atoms with Gasteiger partial charge in [0.2, 0.25) is 5.79 Å². The van der Waals surface area contributed by atoms with Crippen LogP contribution in [-0.2, 0) is 20.3 Å².